The Balaban J connectivity index is 1.67. The van der Waals surface area contributed by atoms with E-state index in [0.717, 1.165) is 41.5 Å². The number of hydrogen-bond donors (Lipinski definition) is 0. The van der Waals surface area contributed by atoms with E-state index in [4.69, 9.17) is 11.6 Å². The summed E-state index contributed by atoms with van der Waals surface area (Å²) in [6.45, 7) is 3.11. The first-order valence-corrected chi connectivity index (χ1v) is 7.80. The maximum atomic E-state index is 5.85. The van der Waals surface area contributed by atoms with E-state index in [0.29, 0.717) is 5.88 Å². The van der Waals surface area contributed by atoms with Crippen molar-refractivity contribution in [2.24, 2.45) is 17.8 Å². The van der Waals surface area contributed by atoms with E-state index in [1.54, 1.807) is 0 Å². The summed E-state index contributed by atoms with van der Waals surface area (Å²) in [7, 11) is 2.11. The number of anilines is 1. The van der Waals surface area contributed by atoms with Crippen LogP contribution in [0.25, 0.3) is 0 Å². The van der Waals surface area contributed by atoms with Crippen LogP contribution in [-0.4, -0.2) is 23.6 Å². The predicted octanol–water partition coefficient (Wildman–Crippen LogP) is 3.40. The van der Waals surface area contributed by atoms with Crippen molar-refractivity contribution in [3.63, 3.8) is 0 Å². The van der Waals surface area contributed by atoms with Gasteiger partial charge in [-0.3, -0.25) is 0 Å². The highest BCUT2D eigenvalue weighted by Gasteiger charge is 2.39. The average Bonchev–Trinajstić information content (AvgIpc) is 3.00. The fraction of sp³-hybridized carbons (Fsp3) is 0.733. The lowest BCUT2D eigenvalue weighted by molar-refractivity contribution is 0.336. The van der Waals surface area contributed by atoms with Gasteiger partial charge in [0, 0.05) is 31.0 Å². The first kappa shape index (κ1) is 13.2. The standard InChI is InChI=1S/C15H22ClN3/c1-10-14(7-16)8-17-15(18-10)19(2)9-13-6-11-3-4-12(13)5-11/h8,11-13H,3-7,9H2,1-2H3. The van der Waals surface area contributed by atoms with Crippen molar-refractivity contribution in [1.29, 1.82) is 0 Å². The predicted molar refractivity (Wildman–Crippen MR) is 78.5 cm³/mol. The van der Waals surface area contributed by atoms with Gasteiger partial charge in [-0.15, -0.1) is 11.6 Å². The SMILES string of the molecule is Cc1nc(N(C)CC2CC3CCC2C3)ncc1CCl. The second-order valence-electron chi connectivity index (χ2n) is 6.23. The molecule has 2 fully saturated rings. The highest BCUT2D eigenvalue weighted by molar-refractivity contribution is 6.17. The molecule has 0 spiro atoms. The van der Waals surface area contributed by atoms with Gasteiger partial charge in [0.1, 0.15) is 0 Å². The Morgan fingerprint density at radius 1 is 1.37 bits per heavy atom. The average molecular weight is 280 g/mol. The van der Waals surface area contributed by atoms with Crippen LogP contribution in [0.2, 0.25) is 0 Å². The van der Waals surface area contributed by atoms with Gasteiger partial charge in [0.15, 0.2) is 0 Å². The third-order valence-electron chi connectivity index (χ3n) is 4.95. The molecule has 0 aromatic carbocycles. The largest absolute Gasteiger partial charge is 0.344 e. The zero-order chi connectivity index (χ0) is 13.4. The first-order valence-electron chi connectivity index (χ1n) is 7.27. The van der Waals surface area contributed by atoms with E-state index in [-0.39, 0.29) is 0 Å². The zero-order valence-corrected chi connectivity index (χ0v) is 12.5. The summed E-state index contributed by atoms with van der Waals surface area (Å²) in [5.74, 6) is 4.14. The van der Waals surface area contributed by atoms with Crippen molar-refractivity contribution in [3.8, 4) is 0 Å². The maximum absolute atomic E-state index is 5.85. The summed E-state index contributed by atoms with van der Waals surface area (Å²) in [5.41, 5.74) is 2.03. The minimum Gasteiger partial charge on any atom is -0.344 e. The number of aryl methyl sites for hydroxylation is 1. The molecule has 2 aliphatic rings. The highest BCUT2D eigenvalue weighted by atomic mass is 35.5. The number of aromatic nitrogens is 2. The molecule has 2 bridgehead atoms. The summed E-state index contributed by atoms with van der Waals surface area (Å²) in [5, 5.41) is 0. The van der Waals surface area contributed by atoms with Crippen molar-refractivity contribution in [3.05, 3.63) is 17.5 Å². The first-order chi connectivity index (χ1) is 9.17. The smallest absolute Gasteiger partial charge is 0.225 e. The Morgan fingerprint density at radius 2 is 2.21 bits per heavy atom. The van der Waals surface area contributed by atoms with Crippen molar-refractivity contribution in [2.45, 2.75) is 38.5 Å². The molecule has 3 nitrogen and oxygen atoms in total. The summed E-state index contributed by atoms with van der Waals surface area (Å²) < 4.78 is 0. The zero-order valence-electron chi connectivity index (χ0n) is 11.8. The summed E-state index contributed by atoms with van der Waals surface area (Å²) in [6, 6.07) is 0. The second-order valence-corrected chi connectivity index (χ2v) is 6.50. The molecule has 3 rings (SSSR count). The minimum absolute atomic E-state index is 0.488. The molecule has 2 saturated carbocycles. The van der Waals surface area contributed by atoms with Crippen LogP contribution in [0.3, 0.4) is 0 Å². The number of alkyl halides is 1. The van der Waals surface area contributed by atoms with Gasteiger partial charge in [-0.2, -0.15) is 0 Å². The Morgan fingerprint density at radius 3 is 2.79 bits per heavy atom. The van der Waals surface area contributed by atoms with Crippen molar-refractivity contribution in [1.82, 2.24) is 9.97 Å². The monoisotopic (exact) mass is 279 g/mol. The molecule has 1 aromatic heterocycles. The molecule has 0 radical (unpaired) electrons. The summed E-state index contributed by atoms with van der Waals surface area (Å²) >= 11 is 5.85. The molecule has 3 atom stereocenters. The lowest BCUT2D eigenvalue weighted by Gasteiger charge is -2.27. The number of rotatable bonds is 4. The lowest BCUT2D eigenvalue weighted by Crippen LogP contribution is -2.30. The molecular weight excluding hydrogens is 258 g/mol. The van der Waals surface area contributed by atoms with E-state index in [1.165, 1.54) is 25.7 Å². The van der Waals surface area contributed by atoms with Crippen LogP contribution >= 0.6 is 11.6 Å². The molecule has 19 heavy (non-hydrogen) atoms. The molecule has 0 aliphatic heterocycles. The fourth-order valence-corrected chi connectivity index (χ4v) is 4.09. The molecule has 1 heterocycles. The molecule has 0 N–H and O–H groups in total. The van der Waals surface area contributed by atoms with E-state index in [1.807, 2.05) is 13.1 Å². The van der Waals surface area contributed by atoms with Crippen LogP contribution in [0.1, 0.15) is 36.9 Å². The molecule has 2 aliphatic carbocycles. The molecular formula is C15H22ClN3. The lowest BCUT2D eigenvalue weighted by atomic mass is 9.88. The van der Waals surface area contributed by atoms with Gasteiger partial charge in [0.25, 0.3) is 0 Å². The Kier molecular flexibility index (Phi) is 3.66. The third kappa shape index (κ3) is 2.58. The molecule has 0 amide bonds. The topological polar surface area (TPSA) is 29.0 Å². The van der Waals surface area contributed by atoms with E-state index in [9.17, 15) is 0 Å². The molecule has 0 saturated heterocycles. The van der Waals surface area contributed by atoms with Crippen molar-refractivity contribution in [2.75, 3.05) is 18.5 Å². The van der Waals surface area contributed by atoms with Gasteiger partial charge < -0.3 is 4.90 Å². The molecule has 1 aromatic rings. The Hall–Kier alpha value is -0.830. The summed E-state index contributed by atoms with van der Waals surface area (Å²) in [4.78, 5) is 11.2. The Labute approximate surface area is 120 Å². The van der Waals surface area contributed by atoms with Crippen molar-refractivity contribution >= 4 is 17.5 Å². The van der Waals surface area contributed by atoms with E-state index < -0.39 is 0 Å². The minimum atomic E-state index is 0.488. The van der Waals surface area contributed by atoms with E-state index >= 15 is 0 Å². The van der Waals surface area contributed by atoms with Crippen LogP contribution in [0.15, 0.2) is 6.20 Å². The quantitative estimate of drug-likeness (QED) is 0.791. The van der Waals surface area contributed by atoms with E-state index in [2.05, 4.69) is 21.9 Å². The Bertz CT molecular complexity index is 463. The number of hydrogen-bond acceptors (Lipinski definition) is 3. The van der Waals surface area contributed by atoms with Crippen LogP contribution in [0.4, 0.5) is 5.95 Å². The number of halogens is 1. The normalized spacial score (nSPS) is 28.9. The highest BCUT2D eigenvalue weighted by Crippen LogP contribution is 2.48. The van der Waals surface area contributed by atoms with Gasteiger partial charge in [-0.25, -0.2) is 9.97 Å². The van der Waals surface area contributed by atoms with Gasteiger partial charge >= 0.3 is 0 Å². The van der Waals surface area contributed by atoms with Gasteiger partial charge in [0.05, 0.1) is 5.88 Å². The number of fused-ring (bicyclic) bond motifs is 2. The van der Waals surface area contributed by atoms with Gasteiger partial charge in [0.2, 0.25) is 5.95 Å². The van der Waals surface area contributed by atoms with Crippen molar-refractivity contribution < 1.29 is 0 Å². The van der Waals surface area contributed by atoms with Crippen LogP contribution < -0.4 is 4.90 Å². The van der Waals surface area contributed by atoms with Crippen LogP contribution in [0.5, 0.6) is 0 Å². The third-order valence-corrected chi connectivity index (χ3v) is 5.23. The summed E-state index contributed by atoms with van der Waals surface area (Å²) in [6.07, 6.45) is 7.64. The second kappa shape index (κ2) is 5.28. The van der Waals surface area contributed by atoms with Crippen LogP contribution in [-0.2, 0) is 5.88 Å². The van der Waals surface area contributed by atoms with Crippen LogP contribution in [0, 0.1) is 24.7 Å². The van der Waals surface area contributed by atoms with Gasteiger partial charge in [-0.1, -0.05) is 6.42 Å². The molecule has 4 heteroatoms. The molecule has 3 unspecified atom stereocenters. The fourth-order valence-electron chi connectivity index (χ4n) is 3.83. The number of nitrogens with zero attached hydrogens (tertiary/aromatic N) is 3. The molecule has 104 valence electrons. The van der Waals surface area contributed by atoms with Gasteiger partial charge in [-0.05, 0) is 43.9 Å². The maximum Gasteiger partial charge on any atom is 0.225 e.